The predicted molar refractivity (Wildman–Crippen MR) is 102 cm³/mol. The molecule has 1 heterocycles. The third-order valence-electron chi connectivity index (χ3n) is 4.34. The topological polar surface area (TPSA) is 78.9 Å². The molecule has 2 aromatic carbocycles. The van der Waals surface area contributed by atoms with Crippen molar-refractivity contribution in [2.75, 3.05) is 13.2 Å². The fourth-order valence-electron chi connectivity index (χ4n) is 2.87. The summed E-state index contributed by atoms with van der Waals surface area (Å²) in [5, 5.41) is 13.7. The third kappa shape index (κ3) is 4.03. The van der Waals surface area contributed by atoms with Gasteiger partial charge in [-0.3, -0.25) is 9.69 Å². The van der Waals surface area contributed by atoms with E-state index in [1.54, 1.807) is 43.3 Å². The lowest BCUT2D eigenvalue weighted by Gasteiger charge is -2.23. The smallest absolute Gasteiger partial charge is 0.325 e. The summed E-state index contributed by atoms with van der Waals surface area (Å²) < 4.78 is 5.46. The molecule has 6 nitrogen and oxygen atoms in total. The van der Waals surface area contributed by atoms with Gasteiger partial charge in [-0.1, -0.05) is 53.5 Å². The summed E-state index contributed by atoms with van der Waals surface area (Å²) in [6, 6.07) is 13.1. The van der Waals surface area contributed by atoms with Crippen LogP contribution in [0.5, 0.6) is 5.75 Å². The average molecular weight is 409 g/mol. The van der Waals surface area contributed by atoms with Gasteiger partial charge in [-0.05, 0) is 24.6 Å². The van der Waals surface area contributed by atoms with Crippen LogP contribution in [0.3, 0.4) is 0 Å². The first kappa shape index (κ1) is 19.5. The summed E-state index contributed by atoms with van der Waals surface area (Å²) in [6.45, 7) is 1.28. The van der Waals surface area contributed by atoms with Gasteiger partial charge in [-0.2, -0.15) is 0 Å². The number of carbonyl (C=O) groups excluding carboxylic acids is 2. The molecule has 2 aromatic rings. The van der Waals surface area contributed by atoms with Crippen LogP contribution in [0.15, 0.2) is 48.5 Å². The van der Waals surface area contributed by atoms with Crippen LogP contribution >= 0.6 is 23.2 Å². The Balaban J connectivity index is 1.66. The van der Waals surface area contributed by atoms with Crippen LogP contribution < -0.4 is 10.1 Å². The molecule has 8 heteroatoms. The molecule has 0 aliphatic carbocycles. The van der Waals surface area contributed by atoms with Crippen molar-refractivity contribution < 1.29 is 19.4 Å². The van der Waals surface area contributed by atoms with E-state index in [9.17, 15) is 14.7 Å². The van der Waals surface area contributed by atoms with Crippen LogP contribution in [0.25, 0.3) is 0 Å². The van der Waals surface area contributed by atoms with Crippen LogP contribution in [0.1, 0.15) is 12.5 Å². The fourth-order valence-corrected chi connectivity index (χ4v) is 3.20. The first-order valence-electron chi connectivity index (χ1n) is 8.27. The van der Waals surface area contributed by atoms with Gasteiger partial charge in [0, 0.05) is 11.1 Å². The van der Waals surface area contributed by atoms with Crippen molar-refractivity contribution in [1.29, 1.82) is 0 Å². The van der Waals surface area contributed by atoms with E-state index in [1.165, 1.54) is 6.07 Å². The van der Waals surface area contributed by atoms with Crippen molar-refractivity contribution >= 4 is 35.1 Å². The number of aliphatic hydroxyl groups excluding tert-OH is 1. The number of hydrogen-bond donors (Lipinski definition) is 2. The molecule has 3 rings (SSSR count). The normalized spacial score (nSPS) is 20.5. The van der Waals surface area contributed by atoms with Crippen molar-refractivity contribution in [3.05, 3.63) is 64.1 Å². The Hall–Kier alpha value is -2.28. The summed E-state index contributed by atoms with van der Waals surface area (Å²) in [5.41, 5.74) is -0.503. The Labute approximate surface area is 166 Å². The summed E-state index contributed by atoms with van der Waals surface area (Å²) >= 11 is 11.9. The van der Waals surface area contributed by atoms with Gasteiger partial charge in [-0.15, -0.1) is 0 Å². The molecule has 2 unspecified atom stereocenters. The Kier molecular flexibility index (Phi) is 5.60. The van der Waals surface area contributed by atoms with E-state index in [0.29, 0.717) is 21.4 Å². The lowest BCUT2D eigenvalue weighted by molar-refractivity contribution is -0.132. The Morgan fingerprint density at radius 3 is 2.59 bits per heavy atom. The molecule has 1 saturated heterocycles. The number of rotatable bonds is 6. The highest BCUT2D eigenvalue weighted by atomic mass is 35.5. The average Bonchev–Trinajstić information content (AvgIpc) is 2.87. The van der Waals surface area contributed by atoms with Gasteiger partial charge in [-0.25, -0.2) is 4.79 Å². The monoisotopic (exact) mass is 408 g/mol. The van der Waals surface area contributed by atoms with E-state index >= 15 is 0 Å². The van der Waals surface area contributed by atoms with Gasteiger partial charge in [0.05, 0.1) is 11.6 Å². The SMILES string of the molecule is CC1(c2ccccc2)NC(=O)N(CC(O)COc2cc(Cl)ccc2Cl)C1=O. The molecular formula is C19H18Cl2N2O4. The van der Waals surface area contributed by atoms with Crippen molar-refractivity contribution in [3.63, 3.8) is 0 Å². The van der Waals surface area contributed by atoms with Crippen LogP contribution in [0.4, 0.5) is 4.79 Å². The van der Waals surface area contributed by atoms with Gasteiger partial charge in [0.1, 0.15) is 24.0 Å². The molecule has 2 N–H and O–H groups in total. The highest BCUT2D eigenvalue weighted by Gasteiger charge is 2.49. The second-order valence-corrected chi connectivity index (χ2v) is 7.22. The number of ether oxygens (including phenoxy) is 1. The molecule has 0 aromatic heterocycles. The number of urea groups is 1. The minimum Gasteiger partial charge on any atom is -0.489 e. The quantitative estimate of drug-likeness (QED) is 0.719. The maximum absolute atomic E-state index is 12.8. The van der Waals surface area contributed by atoms with Crippen LogP contribution in [0, 0.1) is 0 Å². The van der Waals surface area contributed by atoms with Crippen LogP contribution in [-0.2, 0) is 10.3 Å². The molecule has 0 saturated carbocycles. The second kappa shape index (κ2) is 7.76. The second-order valence-electron chi connectivity index (χ2n) is 6.38. The number of hydrogen-bond acceptors (Lipinski definition) is 4. The molecule has 2 atom stereocenters. The molecule has 1 fully saturated rings. The first-order valence-corrected chi connectivity index (χ1v) is 9.02. The molecule has 0 radical (unpaired) electrons. The van der Waals surface area contributed by atoms with Gasteiger partial charge in [0.2, 0.25) is 0 Å². The highest BCUT2D eigenvalue weighted by molar-refractivity contribution is 6.34. The molecule has 1 aliphatic rings. The standard InChI is InChI=1S/C19H18Cl2N2O4/c1-19(12-5-3-2-4-6-12)17(25)23(18(26)22-19)10-14(24)11-27-16-9-13(20)7-8-15(16)21/h2-9,14,24H,10-11H2,1H3,(H,22,26). The lowest BCUT2D eigenvalue weighted by atomic mass is 9.92. The van der Waals surface area contributed by atoms with Crippen LogP contribution in [-0.4, -0.2) is 41.2 Å². The van der Waals surface area contributed by atoms with Gasteiger partial charge >= 0.3 is 6.03 Å². The van der Waals surface area contributed by atoms with Crippen molar-refractivity contribution in [1.82, 2.24) is 10.2 Å². The highest BCUT2D eigenvalue weighted by Crippen LogP contribution is 2.30. The van der Waals surface area contributed by atoms with Crippen LogP contribution in [0.2, 0.25) is 10.0 Å². The number of halogens is 2. The summed E-state index contributed by atoms with van der Waals surface area (Å²) in [6.07, 6.45) is -1.09. The number of nitrogens with one attached hydrogen (secondary N) is 1. The molecule has 27 heavy (non-hydrogen) atoms. The molecule has 0 spiro atoms. The zero-order valence-electron chi connectivity index (χ0n) is 14.5. The number of imide groups is 1. The zero-order chi connectivity index (χ0) is 19.6. The molecule has 3 amide bonds. The molecule has 1 aliphatic heterocycles. The Bertz CT molecular complexity index is 862. The maximum Gasteiger partial charge on any atom is 0.325 e. The maximum atomic E-state index is 12.8. The summed E-state index contributed by atoms with van der Waals surface area (Å²) in [5.74, 6) is -0.118. The first-order chi connectivity index (χ1) is 12.8. The van der Waals surface area contributed by atoms with E-state index in [-0.39, 0.29) is 13.2 Å². The van der Waals surface area contributed by atoms with E-state index in [0.717, 1.165) is 4.90 Å². The van der Waals surface area contributed by atoms with Gasteiger partial charge in [0.15, 0.2) is 0 Å². The number of aliphatic hydroxyl groups is 1. The Morgan fingerprint density at radius 1 is 1.19 bits per heavy atom. The van der Waals surface area contributed by atoms with Crippen molar-refractivity contribution in [3.8, 4) is 5.75 Å². The minimum atomic E-state index is -1.17. The Morgan fingerprint density at radius 2 is 1.89 bits per heavy atom. The number of nitrogens with zero attached hydrogens (tertiary/aromatic N) is 1. The largest absolute Gasteiger partial charge is 0.489 e. The van der Waals surface area contributed by atoms with Crippen molar-refractivity contribution in [2.45, 2.75) is 18.6 Å². The number of β-amino-alcohol motifs (C(OH)–C–C–N with tert-alkyl or cyclic N) is 1. The molecule has 0 bridgehead atoms. The number of amides is 3. The van der Waals surface area contributed by atoms with E-state index < -0.39 is 23.6 Å². The number of benzene rings is 2. The lowest BCUT2D eigenvalue weighted by Crippen LogP contribution is -2.42. The third-order valence-corrected chi connectivity index (χ3v) is 4.89. The zero-order valence-corrected chi connectivity index (χ0v) is 16.0. The van der Waals surface area contributed by atoms with Gasteiger partial charge in [0.25, 0.3) is 5.91 Å². The molecular weight excluding hydrogens is 391 g/mol. The minimum absolute atomic E-state index is 0.154. The number of carbonyl (C=O) groups is 2. The summed E-state index contributed by atoms with van der Waals surface area (Å²) in [4.78, 5) is 26.1. The van der Waals surface area contributed by atoms with E-state index in [4.69, 9.17) is 27.9 Å². The molecule has 142 valence electrons. The fraction of sp³-hybridized carbons (Fsp3) is 0.263. The summed E-state index contributed by atoms with van der Waals surface area (Å²) in [7, 11) is 0. The van der Waals surface area contributed by atoms with Gasteiger partial charge < -0.3 is 15.2 Å². The van der Waals surface area contributed by atoms with E-state index in [2.05, 4.69) is 5.32 Å². The van der Waals surface area contributed by atoms with E-state index in [1.807, 2.05) is 6.07 Å². The predicted octanol–water partition coefficient (Wildman–Crippen LogP) is 3.20. The van der Waals surface area contributed by atoms with Crippen molar-refractivity contribution in [2.24, 2.45) is 0 Å².